The van der Waals surface area contributed by atoms with E-state index in [0.717, 1.165) is 16.4 Å². The first-order valence-corrected chi connectivity index (χ1v) is 8.85. The van der Waals surface area contributed by atoms with Gasteiger partial charge in [-0.25, -0.2) is 8.42 Å². The smallest absolute Gasteiger partial charge is 0.243 e. The molecule has 4 nitrogen and oxygen atoms in total. The highest BCUT2D eigenvalue weighted by atomic mass is 127. The Labute approximate surface area is 129 Å². The van der Waals surface area contributed by atoms with Gasteiger partial charge in [-0.2, -0.15) is 4.31 Å². The second-order valence-corrected chi connectivity index (χ2v) is 8.24. The Morgan fingerprint density at radius 1 is 1.16 bits per heavy atom. The molecule has 1 aromatic carbocycles. The molecule has 19 heavy (non-hydrogen) atoms. The summed E-state index contributed by atoms with van der Waals surface area (Å²) in [6.45, 7) is 1.22. The molecule has 6 heteroatoms. The Bertz CT molecular complexity index is 520. The summed E-state index contributed by atoms with van der Waals surface area (Å²) in [4.78, 5) is 2.57. The predicted octanol–water partition coefficient (Wildman–Crippen LogP) is 2.01. The zero-order valence-electron chi connectivity index (χ0n) is 11.2. The number of piperidine rings is 1. The second-order valence-electron chi connectivity index (χ2n) is 5.05. The lowest BCUT2D eigenvalue weighted by molar-refractivity contribution is 0.196. The van der Waals surface area contributed by atoms with Crippen LogP contribution in [-0.4, -0.2) is 50.8 Å². The normalized spacial score (nSPS) is 18.9. The summed E-state index contributed by atoms with van der Waals surface area (Å²) in [5, 5.41) is 0. The molecule has 1 fully saturated rings. The van der Waals surface area contributed by atoms with Crippen molar-refractivity contribution in [2.45, 2.75) is 23.8 Å². The van der Waals surface area contributed by atoms with Crippen molar-refractivity contribution in [3.8, 4) is 0 Å². The second kappa shape index (κ2) is 6.07. The van der Waals surface area contributed by atoms with Gasteiger partial charge in [0, 0.05) is 22.7 Å². The van der Waals surface area contributed by atoms with Crippen LogP contribution in [0, 0.1) is 3.57 Å². The van der Waals surface area contributed by atoms with E-state index in [1.807, 2.05) is 26.2 Å². The molecule has 0 bridgehead atoms. The average Bonchev–Trinajstić information content (AvgIpc) is 2.39. The lowest BCUT2D eigenvalue weighted by Crippen LogP contribution is -2.44. The first kappa shape index (κ1) is 15.2. The van der Waals surface area contributed by atoms with E-state index in [0.29, 0.717) is 24.0 Å². The van der Waals surface area contributed by atoms with Crippen LogP contribution in [0.2, 0.25) is 0 Å². The maximum Gasteiger partial charge on any atom is 0.243 e. The summed E-state index contributed by atoms with van der Waals surface area (Å²) in [7, 11) is 0.783. The third-order valence-corrected chi connectivity index (χ3v) is 6.24. The average molecular weight is 394 g/mol. The van der Waals surface area contributed by atoms with Crippen LogP contribution in [0.25, 0.3) is 0 Å². The molecule has 0 unspecified atom stereocenters. The van der Waals surface area contributed by atoms with Gasteiger partial charge < -0.3 is 4.90 Å². The van der Waals surface area contributed by atoms with E-state index < -0.39 is 10.0 Å². The Hall–Kier alpha value is -0.180. The molecule has 0 amide bonds. The molecular formula is C13H19IN2O2S. The number of hydrogen-bond acceptors (Lipinski definition) is 3. The topological polar surface area (TPSA) is 40.6 Å². The summed E-state index contributed by atoms with van der Waals surface area (Å²) in [5.41, 5.74) is 0. The Balaban J connectivity index is 2.12. The number of halogens is 1. The molecule has 0 N–H and O–H groups in total. The van der Waals surface area contributed by atoms with E-state index in [1.54, 1.807) is 16.4 Å². The molecule has 106 valence electrons. The van der Waals surface area contributed by atoms with Crippen molar-refractivity contribution in [1.82, 2.24) is 9.21 Å². The van der Waals surface area contributed by atoms with Gasteiger partial charge in [-0.15, -0.1) is 0 Å². The number of nitrogens with zero attached hydrogens (tertiary/aromatic N) is 2. The predicted molar refractivity (Wildman–Crippen MR) is 84.6 cm³/mol. The van der Waals surface area contributed by atoms with E-state index in [1.165, 1.54) is 0 Å². The Morgan fingerprint density at radius 3 is 2.16 bits per heavy atom. The highest BCUT2D eigenvalue weighted by molar-refractivity contribution is 14.1. The van der Waals surface area contributed by atoms with Gasteiger partial charge in [0.25, 0.3) is 0 Å². The van der Waals surface area contributed by atoms with Gasteiger partial charge in [-0.3, -0.25) is 0 Å². The highest BCUT2D eigenvalue weighted by Crippen LogP contribution is 2.22. The largest absolute Gasteiger partial charge is 0.306 e. The molecule has 0 radical (unpaired) electrons. The monoisotopic (exact) mass is 394 g/mol. The number of hydrogen-bond donors (Lipinski definition) is 0. The van der Waals surface area contributed by atoms with Gasteiger partial charge in [-0.1, -0.05) is 0 Å². The van der Waals surface area contributed by atoms with Crippen LogP contribution in [0.15, 0.2) is 29.2 Å². The summed E-state index contributed by atoms with van der Waals surface area (Å²) >= 11 is 2.18. The van der Waals surface area contributed by atoms with Crippen LogP contribution in [0.4, 0.5) is 0 Å². The zero-order chi connectivity index (χ0) is 14.0. The Morgan fingerprint density at radius 2 is 1.68 bits per heavy atom. The van der Waals surface area contributed by atoms with Crippen molar-refractivity contribution in [1.29, 1.82) is 0 Å². The standard InChI is InChI=1S/C13H19IN2O2S/c1-15(2)12-7-9-16(10-8-12)19(17,18)13-5-3-11(14)4-6-13/h3-6,12H,7-10H2,1-2H3. The fourth-order valence-electron chi connectivity index (χ4n) is 2.35. The summed E-state index contributed by atoms with van der Waals surface area (Å²) < 4.78 is 27.6. The van der Waals surface area contributed by atoms with E-state index in [9.17, 15) is 8.42 Å². The maximum atomic E-state index is 12.5. The van der Waals surface area contributed by atoms with Gasteiger partial charge in [0.15, 0.2) is 0 Å². The summed E-state index contributed by atoms with van der Waals surface area (Å²) in [6.07, 6.45) is 1.80. The van der Waals surface area contributed by atoms with Crippen molar-refractivity contribution >= 4 is 32.6 Å². The molecule has 2 rings (SSSR count). The van der Waals surface area contributed by atoms with Gasteiger partial charge >= 0.3 is 0 Å². The van der Waals surface area contributed by atoms with Crippen LogP contribution in [-0.2, 0) is 10.0 Å². The van der Waals surface area contributed by atoms with Crippen molar-refractivity contribution in [3.05, 3.63) is 27.8 Å². The van der Waals surface area contributed by atoms with Gasteiger partial charge in [0.1, 0.15) is 0 Å². The first-order valence-electron chi connectivity index (χ1n) is 6.33. The Kier molecular flexibility index (Phi) is 4.86. The molecule has 0 spiro atoms. The molecule has 1 aliphatic rings. The lowest BCUT2D eigenvalue weighted by atomic mass is 10.1. The van der Waals surface area contributed by atoms with Crippen LogP contribution in [0.3, 0.4) is 0 Å². The van der Waals surface area contributed by atoms with Crippen molar-refractivity contribution < 1.29 is 8.42 Å². The van der Waals surface area contributed by atoms with Crippen LogP contribution < -0.4 is 0 Å². The zero-order valence-corrected chi connectivity index (χ0v) is 14.2. The molecule has 1 saturated heterocycles. The van der Waals surface area contributed by atoms with E-state index in [2.05, 4.69) is 27.5 Å². The SMILES string of the molecule is CN(C)C1CCN(S(=O)(=O)c2ccc(I)cc2)CC1. The number of sulfonamides is 1. The minimum Gasteiger partial charge on any atom is -0.306 e. The fraction of sp³-hybridized carbons (Fsp3) is 0.538. The maximum absolute atomic E-state index is 12.5. The van der Waals surface area contributed by atoms with E-state index in [4.69, 9.17) is 0 Å². The van der Waals surface area contributed by atoms with Gasteiger partial charge in [0.05, 0.1) is 4.90 Å². The summed E-state index contributed by atoms with van der Waals surface area (Å²) in [5.74, 6) is 0. The fourth-order valence-corrected chi connectivity index (χ4v) is 4.18. The van der Waals surface area contributed by atoms with Gasteiger partial charge in [-0.05, 0) is 73.8 Å². The third kappa shape index (κ3) is 3.48. The van der Waals surface area contributed by atoms with Crippen molar-refractivity contribution in [2.24, 2.45) is 0 Å². The lowest BCUT2D eigenvalue weighted by Gasteiger charge is -2.34. The van der Waals surface area contributed by atoms with Crippen molar-refractivity contribution in [3.63, 3.8) is 0 Å². The van der Waals surface area contributed by atoms with Crippen LogP contribution in [0.5, 0.6) is 0 Å². The molecule has 0 aromatic heterocycles. The number of rotatable bonds is 3. The van der Waals surface area contributed by atoms with Crippen LogP contribution >= 0.6 is 22.6 Å². The molecule has 0 saturated carbocycles. The molecule has 0 aliphatic carbocycles. The molecule has 1 aliphatic heterocycles. The number of benzene rings is 1. The highest BCUT2D eigenvalue weighted by Gasteiger charge is 2.29. The van der Waals surface area contributed by atoms with Crippen molar-refractivity contribution in [2.75, 3.05) is 27.2 Å². The van der Waals surface area contributed by atoms with E-state index >= 15 is 0 Å². The molecule has 0 atom stereocenters. The molecule has 1 heterocycles. The molecule has 1 aromatic rings. The minimum atomic E-state index is -3.32. The quantitative estimate of drug-likeness (QED) is 0.737. The molecular weight excluding hydrogens is 375 g/mol. The summed E-state index contributed by atoms with van der Waals surface area (Å²) in [6, 6.07) is 7.53. The van der Waals surface area contributed by atoms with Gasteiger partial charge in [0.2, 0.25) is 10.0 Å². The van der Waals surface area contributed by atoms with E-state index in [-0.39, 0.29) is 0 Å². The minimum absolute atomic E-state index is 0.399. The third-order valence-electron chi connectivity index (χ3n) is 3.61. The first-order chi connectivity index (χ1) is 8.91. The van der Waals surface area contributed by atoms with Crippen LogP contribution in [0.1, 0.15) is 12.8 Å².